The smallest absolute Gasteiger partial charge is 0.321 e. The van der Waals surface area contributed by atoms with E-state index in [0.29, 0.717) is 17.8 Å². The summed E-state index contributed by atoms with van der Waals surface area (Å²) in [6, 6.07) is 0.495. The number of nitrogens with one attached hydrogen (secondary N) is 1. The quantitative estimate of drug-likeness (QED) is 0.887. The molecule has 0 radical (unpaired) electrons. The SMILES string of the molecule is Cc1cscc1-c1noc(NCC(C)C)n1. The molecular formula is C11H15N3OS. The Morgan fingerprint density at radius 2 is 2.25 bits per heavy atom. The summed E-state index contributed by atoms with van der Waals surface area (Å²) in [5.41, 5.74) is 2.23. The van der Waals surface area contributed by atoms with Crippen LogP contribution in [0, 0.1) is 12.8 Å². The van der Waals surface area contributed by atoms with Gasteiger partial charge in [0.25, 0.3) is 0 Å². The number of aromatic nitrogens is 2. The summed E-state index contributed by atoms with van der Waals surface area (Å²) >= 11 is 1.65. The maximum Gasteiger partial charge on any atom is 0.321 e. The van der Waals surface area contributed by atoms with Crippen molar-refractivity contribution in [1.29, 1.82) is 0 Å². The van der Waals surface area contributed by atoms with Crippen molar-refractivity contribution in [3.8, 4) is 11.4 Å². The number of anilines is 1. The average Bonchev–Trinajstić information content (AvgIpc) is 2.83. The molecule has 0 aliphatic carbocycles. The first-order valence-corrected chi connectivity index (χ1v) is 6.22. The molecule has 1 N–H and O–H groups in total. The maximum atomic E-state index is 5.13. The minimum absolute atomic E-state index is 0.495. The van der Waals surface area contributed by atoms with Gasteiger partial charge in [0, 0.05) is 17.5 Å². The van der Waals surface area contributed by atoms with Crippen LogP contribution in [0.4, 0.5) is 6.01 Å². The lowest BCUT2D eigenvalue weighted by molar-refractivity contribution is 0.429. The fraction of sp³-hybridized carbons (Fsp3) is 0.455. The molecule has 0 amide bonds. The Bertz CT molecular complexity index is 461. The topological polar surface area (TPSA) is 51.0 Å². The molecule has 2 aromatic heterocycles. The monoisotopic (exact) mass is 237 g/mol. The van der Waals surface area contributed by atoms with Crippen LogP contribution in [-0.4, -0.2) is 16.7 Å². The molecule has 0 saturated heterocycles. The van der Waals surface area contributed by atoms with E-state index in [1.54, 1.807) is 11.3 Å². The number of nitrogens with zero attached hydrogens (tertiary/aromatic N) is 2. The number of hydrogen-bond acceptors (Lipinski definition) is 5. The molecule has 0 unspecified atom stereocenters. The molecule has 4 nitrogen and oxygen atoms in total. The van der Waals surface area contributed by atoms with Crippen LogP contribution in [0.1, 0.15) is 19.4 Å². The highest BCUT2D eigenvalue weighted by Gasteiger charge is 2.11. The Morgan fingerprint density at radius 1 is 1.44 bits per heavy atom. The predicted molar refractivity (Wildman–Crippen MR) is 65.7 cm³/mol. The third-order valence-electron chi connectivity index (χ3n) is 2.18. The lowest BCUT2D eigenvalue weighted by Gasteiger charge is -2.02. The van der Waals surface area contributed by atoms with Crippen LogP contribution in [0.15, 0.2) is 15.3 Å². The van der Waals surface area contributed by atoms with Gasteiger partial charge in [0.1, 0.15) is 0 Å². The lowest BCUT2D eigenvalue weighted by atomic mass is 10.2. The van der Waals surface area contributed by atoms with Gasteiger partial charge in [-0.2, -0.15) is 16.3 Å². The van der Waals surface area contributed by atoms with Crippen molar-refractivity contribution in [3.63, 3.8) is 0 Å². The largest absolute Gasteiger partial charge is 0.337 e. The standard InChI is InChI=1S/C11H15N3OS/c1-7(2)4-12-11-13-10(14-15-11)9-6-16-5-8(9)3/h5-7H,4H2,1-3H3,(H,12,13,14). The zero-order valence-corrected chi connectivity index (χ0v) is 10.5. The van der Waals surface area contributed by atoms with Crippen molar-refractivity contribution < 1.29 is 4.52 Å². The molecule has 5 heteroatoms. The molecule has 0 bridgehead atoms. The first kappa shape index (κ1) is 11.1. The Hall–Kier alpha value is -1.36. The molecule has 0 atom stereocenters. The highest BCUT2D eigenvalue weighted by atomic mass is 32.1. The zero-order chi connectivity index (χ0) is 11.5. The summed E-state index contributed by atoms with van der Waals surface area (Å²) in [6.45, 7) is 7.15. The van der Waals surface area contributed by atoms with Crippen LogP contribution in [0.5, 0.6) is 0 Å². The zero-order valence-electron chi connectivity index (χ0n) is 9.65. The van der Waals surface area contributed by atoms with Crippen molar-refractivity contribution in [2.24, 2.45) is 5.92 Å². The second kappa shape index (κ2) is 4.65. The van der Waals surface area contributed by atoms with Gasteiger partial charge >= 0.3 is 6.01 Å². The minimum atomic E-state index is 0.495. The highest BCUT2D eigenvalue weighted by Crippen LogP contribution is 2.24. The third-order valence-corrected chi connectivity index (χ3v) is 3.05. The van der Waals surface area contributed by atoms with E-state index in [1.165, 1.54) is 5.56 Å². The highest BCUT2D eigenvalue weighted by molar-refractivity contribution is 7.08. The van der Waals surface area contributed by atoms with Crippen LogP contribution in [-0.2, 0) is 0 Å². The molecule has 0 aliphatic rings. The van der Waals surface area contributed by atoms with Crippen molar-refractivity contribution in [3.05, 3.63) is 16.3 Å². The van der Waals surface area contributed by atoms with Crippen LogP contribution < -0.4 is 5.32 Å². The van der Waals surface area contributed by atoms with Crippen molar-refractivity contribution >= 4 is 17.4 Å². The molecule has 2 aromatic rings. The Labute approximate surface area is 98.7 Å². The Balaban J connectivity index is 2.11. The second-order valence-corrected chi connectivity index (χ2v) is 4.91. The first-order chi connectivity index (χ1) is 7.66. The van der Waals surface area contributed by atoms with Crippen molar-refractivity contribution in [1.82, 2.24) is 10.1 Å². The molecule has 0 spiro atoms. The normalized spacial score (nSPS) is 11.0. The van der Waals surface area contributed by atoms with Crippen LogP contribution in [0.3, 0.4) is 0 Å². The Morgan fingerprint density at radius 3 is 2.88 bits per heavy atom. The van der Waals surface area contributed by atoms with E-state index in [-0.39, 0.29) is 0 Å². The van der Waals surface area contributed by atoms with Gasteiger partial charge in [0.05, 0.1) is 0 Å². The average molecular weight is 237 g/mol. The fourth-order valence-electron chi connectivity index (χ4n) is 1.29. The number of rotatable bonds is 4. The Kier molecular flexibility index (Phi) is 3.24. The summed E-state index contributed by atoms with van der Waals surface area (Å²) in [5.74, 6) is 1.21. The second-order valence-electron chi connectivity index (χ2n) is 4.17. The van der Waals surface area contributed by atoms with Gasteiger partial charge in [-0.1, -0.05) is 19.0 Å². The molecule has 0 aliphatic heterocycles. The van der Waals surface area contributed by atoms with Crippen LogP contribution in [0.25, 0.3) is 11.4 Å². The summed E-state index contributed by atoms with van der Waals surface area (Å²) < 4.78 is 5.13. The van der Waals surface area contributed by atoms with Crippen molar-refractivity contribution in [2.75, 3.05) is 11.9 Å². The van der Waals surface area contributed by atoms with E-state index >= 15 is 0 Å². The molecule has 2 heterocycles. The van der Waals surface area contributed by atoms with E-state index in [0.717, 1.165) is 12.1 Å². The molecule has 0 fully saturated rings. The number of thiophene rings is 1. The van der Waals surface area contributed by atoms with E-state index in [1.807, 2.05) is 12.3 Å². The van der Waals surface area contributed by atoms with Gasteiger partial charge in [0.2, 0.25) is 5.82 Å². The van der Waals surface area contributed by atoms with Gasteiger partial charge in [-0.15, -0.1) is 0 Å². The van der Waals surface area contributed by atoms with Gasteiger partial charge in [-0.25, -0.2) is 0 Å². The summed E-state index contributed by atoms with van der Waals surface area (Å²) in [4.78, 5) is 4.30. The van der Waals surface area contributed by atoms with E-state index in [2.05, 4.69) is 34.7 Å². The molecule has 16 heavy (non-hydrogen) atoms. The third kappa shape index (κ3) is 2.41. The summed E-state index contributed by atoms with van der Waals surface area (Å²) in [7, 11) is 0. The minimum Gasteiger partial charge on any atom is -0.337 e. The molecular weight excluding hydrogens is 222 g/mol. The summed E-state index contributed by atoms with van der Waals surface area (Å²) in [5, 5.41) is 11.2. The van der Waals surface area contributed by atoms with Gasteiger partial charge < -0.3 is 9.84 Å². The van der Waals surface area contributed by atoms with Crippen molar-refractivity contribution in [2.45, 2.75) is 20.8 Å². The van der Waals surface area contributed by atoms with Gasteiger partial charge in [0.15, 0.2) is 0 Å². The lowest BCUT2D eigenvalue weighted by Crippen LogP contribution is -2.07. The van der Waals surface area contributed by atoms with Crippen LogP contribution >= 0.6 is 11.3 Å². The molecule has 0 aromatic carbocycles. The van der Waals surface area contributed by atoms with Gasteiger partial charge in [-0.05, 0) is 23.8 Å². The van der Waals surface area contributed by atoms with E-state index < -0.39 is 0 Å². The van der Waals surface area contributed by atoms with E-state index in [4.69, 9.17) is 4.52 Å². The van der Waals surface area contributed by atoms with Gasteiger partial charge in [-0.3, -0.25) is 0 Å². The fourth-order valence-corrected chi connectivity index (χ4v) is 2.11. The molecule has 86 valence electrons. The van der Waals surface area contributed by atoms with E-state index in [9.17, 15) is 0 Å². The number of hydrogen-bond donors (Lipinski definition) is 1. The summed E-state index contributed by atoms with van der Waals surface area (Å²) in [6.07, 6.45) is 0. The number of aryl methyl sites for hydroxylation is 1. The molecule has 2 rings (SSSR count). The maximum absolute atomic E-state index is 5.13. The first-order valence-electron chi connectivity index (χ1n) is 5.27. The van der Waals surface area contributed by atoms with Crippen LogP contribution in [0.2, 0.25) is 0 Å². The molecule has 0 saturated carbocycles. The predicted octanol–water partition coefficient (Wildman–Crippen LogP) is 3.17.